The molecule has 8 nitrogen and oxygen atoms in total. The van der Waals surface area contributed by atoms with E-state index in [1.54, 1.807) is 0 Å². The lowest BCUT2D eigenvalue weighted by Crippen LogP contribution is -2.27. The van der Waals surface area contributed by atoms with Gasteiger partial charge in [-0.1, -0.05) is 12.1 Å². The lowest BCUT2D eigenvalue weighted by molar-refractivity contribution is -0.384. The number of methoxy groups -OCH3 is 1. The highest BCUT2D eigenvalue weighted by Crippen LogP contribution is 2.27. The number of nitro benzene ring substituents is 1. The molecular formula is C11H8F3NO7S. The van der Waals surface area contributed by atoms with E-state index in [0.717, 1.165) is 19.2 Å². The third-order valence-electron chi connectivity index (χ3n) is 2.25. The molecule has 0 radical (unpaired) electrons. The number of esters is 1. The number of carbonyl (C=O) groups excluding carboxylic acids is 1. The fourth-order valence-corrected chi connectivity index (χ4v) is 1.71. The first kappa shape index (κ1) is 18.4. The number of benzene rings is 1. The summed E-state index contributed by atoms with van der Waals surface area (Å²) in [5.74, 6) is -2.81. The Morgan fingerprint density at radius 1 is 1.35 bits per heavy atom. The van der Waals surface area contributed by atoms with Crippen molar-refractivity contribution < 1.29 is 40.2 Å². The fraction of sp³-hybridized carbons (Fsp3) is 0.182. The van der Waals surface area contributed by atoms with Crippen molar-refractivity contribution in [1.29, 1.82) is 0 Å². The predicted molar refractivity (Wildman–Crippen MR) is 69.1 cm³/mol. The van der Waals surface area contributed by atoms with Crippen LogP contribution in [0.3, 0.4) is 0 Å². The van der Waals surface area contributed by atoms with E-state index in [4.69, 9.17) is 0 Å². The molecule has 23 heavy (non-hydrogen) atoms. The molecule has 0 saturated carbocycles. The van der Waals surface area contributed by atoms with E-state index >= 15 is 0 Å². The van der Waals surface area contributed by atoms with Crippen LogP contribution in [0.1, 0.15) is 5.56 Å². The average Bonchev–Trinajstić information content (AvgIpc) is 2.44. The summed E-state index contributed by atoms with van der Waals surface area (Å²) < 4.78 is 66.6. The Morgan fingerprint density at radius 3 is 2.43 bits per heavy atom. The molecule has 0 spiro atoms. The van der Waals surface area contributed by atoms with Gasteiger partial charge in [0, 0.05) is 12.1 Å². The average molecular weight is 355 g/mol. The molecule has 0 aliphatic heterocycles. The summed E-state index contributed by atoms with van der Waals surface area (Å²) in [6.45, 7) is 0. The summed E-state index contributed by atoms with van der Waals surface area (Å²) in [7, 11) is -5.32. The van der Waals surface area contributed by atoms with Gasteiger partial charge in [0.05, 0.1) is 12.0 Å². The molecule has 12 heteroatoms. The number of rotatable bonds is 5. The SMILES string of the molecule is COC(=O)/C(=C/c1cccc([N+](=O)[O-])c1)OS(=O)(=O)C(F)(F)F. The Labute approximate surface area is 127 Å². The molecule has 0 unspecified atom stereocenters. The maximum Gasteiger partial charge on any atom is 0.534 e. The smallest absolute Gasteiger partial charge is 0.463 e. The van der Waals surface area contributed by atoms with Gasteiger partial charge in [-0.15, -0.1) is 0 Å². The minimum absolute atomic E-state index is 0.142. The first-order chi connectivity index (χ1) is 10.5. The third kappa shape index (κ3) is 4.67. The van der Waals surface area contributed by atoms with Crippen molar-refractivity contribution in [2.75, 3.05) is 7.11 Å². The summed E-state index contributed by atoms with van der Waals surface area (Å²) in [6.07, 6.45) is 0.572. The summed E-state index contributed by atoms with van der Waals surface area (Å²) in [4.78, 5) is 21.2. The molecule has 0 heterocycles. The zero-order valence-corrected chi connectivity index (χ0v) is 12.1. The number of nitrogens with zero attached hydrogens (tertiary/aromatic N) is 1. The van der Waals surface area contributed by atoms with Gasteiger partial charge >= 0.3 is 21.6 Å². The highest BCUT2D eigenvalue weighted by molar-refractivity contribution is 7.87. The molecule has 126 valence electrons. The first-order valence-corrected chi connectivity index (χ1v) is 6.94. The Morgan fingerprint density at radius 2 is 1.96 bits per heavy atom. The van der Waals surface area contributed by atoms with Crippen molar-refractivity contribution in [2.45, 2.75) is 5.51 Å². The molecular weight excluding hydrogens is 347 g/mol. The van der Waals surface area contributed by atoms with E-state index in [-0.39, 0.29) is 5.56 Å². The Balaban J connectivity index is 3.30. The van der Waals surface area contributed by atoms with Gasteiger partial charge in [-0.05, 0) is 11.6 Å². The van der Waals surface area contributed by atoms with Crippen molar-refractivity contribution in [3.05, 3.63) is 45.7 Å². The molecule has 0 amide bonds. The molecule has 0 aromatic heterocycles. The normalized spacial score (nSPS) is 12.6. The minimum Gasteiger partial charge on any atom is -0.463 e. The van der Waals surface area contributed by atoms with Gasteiger partial charge < -0.3 is 8.92 Å². The second kappa shape index (κ2) is 6.64. The molecule has 0 aliphatic rings. The van der Waals surface area contributed by atoms with Crippen molar-refractivity contribution >= 4 is 27.9 Å². The molecule has 0 aliphatic carbocycles. The number of hydrogen-bond donors (Lipinski definition) is 0. The van der Waals surface area contributed by atoms with Crippen molar-refractivity contribution in [3.63, 3.8) is 0 Å². The summed E-state index contributed by atoms with van der Waals surface area (Å²) >= 11 is 0. The second-order valence-electron chi connectivity index (χ2n) is 3.84. The van der Waals surface area contributed by atoms with Crippen LogP contribution in [0.5, 0.6) is 0 Å². The Hall–Kier alpha value is -2.63. The van der Waals surface area contributed by atoms with Crippen LogP contribution in [0.2, 0.25) is 0 Å². The van der Waals surface area contributed by atoms with Crippen molar-refractivity contribution in [1.82, 2.24) is 0 Å². The van der Waals surface area contributed by atoms with E-state index in [1.807, 2.05) is 0 Å². The molecule has 0 N–H and O–H groups in total. The van der Waals surface area contributed by atoms with E-state index in [9.17, 15) is 36.5 Å². The van der Waals surface area contributed by atoms with Gasteiger partial charge in [-0.25, -0.2) is 4.79 Å². The molecule has 1 aromatic carbocycles. The quantitative estimate of drug-likeness (QED) is 0.151. The van der Waals surface area contributed by atoms with Crippen molar-refractivity contribution in [2.24, 2.45) is 0 Å². The van der Waals surface area contributed by atoms with Gasteiger partial charge in [0.2, 0.25) is 5.76 Å². The lowest BCUT2D eigenvalue weighted by Gasteiger charge is -2.11. The summed E-state index contributed by atoms with van der Waals surface area (Å²) in [6, 6.07) is 4.34. The topological polar surface area (TPSA) is 113 Å². The van der Waals surface area contributed by atoms with Crippen LogP contribution in [-0.2, 0) is 23.8 Å². The monoisotopic (exact) mass is 355 g/mol. The zero-order valence-electron chi connectivity index (χ0n) is 11.2. The minimum atomic E-state index is -6.10. The maximum absolute atomic E-state index is 12.3. The van der Waals surface area contributed by atoms with E-state index in [0.29, 0.717) is 6.08 Å². The molecule has 0 atom stereocenters. The standard InChI is InChI=1S/C11H8F3NO7S/c1-21-10(16)9(22-23(19,20)11(12,13)14)6-7-3-2-4-8(5-7)15(17)18/h2-6H,1H3/b9-6-. The number of alkyl halides is 3. The highest BCUT2D eigenvalue weighted by Gasteiger charge is 2.49. The number of halogens is 3. The molecule has 0 saturated heterocycles. The number of nitro groups is 1. The summed E-state index contributed by atoms with van der Waals surface area (Å²) in [5, 5.41) is 10.6. The van der Waals surface area contributed by atoms with Gasteiger partial charge in [0.15, 0.2) is 0 Å². The van der Waals surface area contributed by atoms with E-state index in [2.05, 4.69) is 8.92 Å². The predicted octanol–water partition coefficient (Wildman–Crippen LogP) is 1.97. The van der Waals surface area contributed by atoms with Crippen LogP contribution in [0.4, 0.5) is 18.9 Å². The fourth-order valence-electron chi connectivity index (χ4n) is 1.26. The highest BCUT2D eigenvalue weighted by atomic mass is 32.2. The van der Waals surface area contributed by atoms with Crippen LogP contribution in [-0.4, -0.2) is 31.9 Å². The number of hydrogen-bond acceptors (Lipinski definition) is 7. The molecule has 0 fully saturated rings. The van der Waals surface area contributed by atoms with Crippen LogP contribution < -0.4 is 0 Å². The summed E-state index contributed by atoms with van der Waals surface area (Å²) in [5.41, 5.74) is -6.33. The number of non-ortho nitro benzene ring substituents is 1. The largest absolute Gasteiger partial charge is 0.534 e. The van der Waals surface area contributed by atoms with Gasteiger partial charge in [-0.3, -0.25) is 10.1 Å². The maximum atomic E-state index is 12.3. The zero-order chi connectivity index (χ0) is 17.8. The van der Waals surface area contributed by atoms with Crippen LogP contribution >= 0.6 is 0 Å². The first-order valence-electron chi connectivity index (χ1n) is 5.53. The van der Waals surface area contributed by atoms with Gasteiger partial charge in [0.1, 0.15) is 0 Å². The van der Waals surface area contributed by atoms with E-state index < -0.39 is 38.0 Å². The third-order valence-corrected chi connectivity index (χ3v) is 3.21. The van der Waals surface area contributed by atoms with E-state index in [1.165, 1.54) is 12.1 Å². The number of carbonyl (C=O) groups is 1. The second-order valence-corrected chi connectivity index (χ2v) is 5.37. The molecule has 1 rings (SSSR count). The van der Waals surface area contributed by atoms with Crippen LogP contribution in [0, 0.1) is 10.1 Å². The number of ether oxygens (including phenoxy) is 1. The Bertz CT molecular complexity index is 755. The van der Waals surface area contributed by atoms with Crippen LogP contribution in [0.15, 0.2) is 30.0 Å². The van der Waals surface area contributed by atoms with Gasteiger partial charge in [-0.2, -0.15) is 21.6 Å². The van der Waals surface area contributed by atoms with Crippen LogP contribution in [0.25, 0.3) is 6.08 Å². The van der Waals surface area contributed by atoms with Gasteiger partial charge in [0.25, 0.3) is 5.69 Å². The molecule has 0 bridgehead atoms. The molecule has 1 aromatic rings. The van der Waals surface area contributed by atoms with Crippen molar-refractivity contribution in [3.8, 4) is 0 Å². The lowest BCUT2D eigenvalue weighted by atomic mass is 10.2. The Kier molecular flexibility index (Phi) is 5.32.